The topological polar surface area (TPSA) is 41.1 Å². The molecule has 1 fully saturated rings. The lowest BCUT2D eigenvalue weighted by Gasteiger charge is -2.09. The van der Waals surface area contributed by atoms with Gasteiger partial charge in [0.2, 0.25) is 5.91 Å². The van der Waals surface area contributed by atoms with Crippen LogP contribution in [0.5, 0.6) is 0 Å². The summed E-state index contributed by atoms with van der Waals surface area (Å²) >= 11 is 0. The third-order valence-corrected chi connectivity index (χ3v) is 3.02. The SMILES string of the molecule is Cl.O=C(CC1CCNC1)NCc1cccc(F)c1. The molecule has 1 aliphatic rings. The number of benzene rings is 1. The molecule has 3 nitrogen and oxygen atoms in total. The second-order valence-electron chi connectivity index (χ2n) is 4.47. The van der Waals surface area contributed by atoms with E-state index < -0.39 is 0 Å². The van der Waals surface area contributed by atoms with Crippen LogP contribution in [0.1, 0.15) is 18.4 Å². The standard InChI is InChI=1S/C13H17FN2O.ClH/c14-12-3-1-2-10(6-12)9-16-13(17)7-11-4-5-15-8-11;/h1-3,6,11,15H,4-5,7-9H2,(H,16,17);1H. The number of rotatable bonds is 4. The molecule has 2 N–H and O–H groups in total. The fourth-order valence-corrected chi connectivity index (χ4v) is 2.07. The first-order valence-electron chi connectivity index (χ1n) is 5.96. The Morgan fingerprint density at radius 2 is 2.33 bits per heavy atom. The normalized spacial score (nSPS) is 18.2. The Hall–Kier alpha value is -1.13. The quantitative estimate of drug-likeness (QED) is 0.879. The molecular formula is C13H18ClFN2O. The molecule has 0 spiro atoms. The van der Waals surface area contributed by atoms with Crippen LogP contribution < -0.4 is 10.6 Å². The first kappa shape index (κ1) is 14.9. The highest BCUT2D eigenvalue weighted by Crippen LogP contribution is 2.11. The molecule has 1 heterocycles. The van der Waals surface area contributed by atoms with Crippen LogP contribution >= 0.6 is 12.4 Å². The highest BCUT2D eigenvalue weighted by molar-refractivity contribution is 5.85. The van der Waals surface area contributed by atoms with E-state index in [0.29, 0.717) is 18.9 Å². The minimum absolute atomic E-state index is 0. The molecule has 1 aliphatic heterocycles. The van der Waals surface area contributed by atoms with Gasteiger partial charge < -0.3 is 10.6 Å². The molecule has 18 heavy (non-hydrogen) atoms. The van der Waals surface area contributed by atoms with Gasteiger partial charge in [0, 0.05) is 13.0 Å². The summed E-state index contributed by atoms with van der Waals surface area (Å²) in [4.78, 5) is 11.6. The van der Waals surface area contributed by atoms with E-state index in [1.54, 1.807) is 12.1 Å². The molecule has 0 bridgehead atoms. The summed E-state index contributed by atoms with van der Waals surface area (Å²) in [6.07, 6.45) is 1.62. The van der Waals surface area contributed by atoms with Crippen LogP contribution in [0.2, 0.25) is 0 Å². The van der Waals surface area contributed by atoms with E-state index in [1.165, 1.54) is 12.1 Å². The molecular weight excluding hydrogens is 255 g/mol. The van der Waals surface area contributed by atoms with Crippen molar-refractivity contribution in [2.75, 3.05) is 13.1 Å². The summed E-state index contributed by atoms with van der Waals surface area (Å²) in [6, 6.07) is 6.30. The highest BCUT2D eigenvalue weighted by Gasteiger charge is 2.17. The van der Waals surface area contributed by atoms with Gasteiger partial charge in [0.1, 0.15) is 5.82 Å². The van der Waals surface area contributed by atoms with Crippen LogP contribution in [-0.2, 0) is 11.3 Å². The van der Waals surface area contributed by atoms with Crippen molar-refractivity contribution in [1.82, 2.24) is 10.6 Å². The van der Waals surface area contributed by atoms with E-state index in [9.17, 15) is 9.18 Å². The fourth-order valence-electron chi connectivity index (χ4n) is 2.07. The van der Waals surface area contributed by atoms with Crippen molar-refractivity contribution in [2.24, 2.45) is 5.92 Å². The van der Waals surface area contributed by atoms with Crippen molar-refractivity contribution in [3.8, 4) is 0 Å². The molecule has 0 aromatic heterocycles. The monoisotopic (exact) mass is 272 g/mol. The van der Waals surface area contributed by atoms with E-state index in [1.807, 2.05) is 0 Å². The molecule has 1 saturated heterocycles. The van der Waals surface area contributed by atoms with E-state index in [4.69, 9.17) is 0 Å². The summed E-state index contributed by atoms with van der Waals surface area (Å²) in [5.74, 6) is 0.224. The van der Waals surface area contributed by atoms with Gasteiger partial charge in [-0.25, -0.2) is 4.39 Å². The zero-order valence-electron chi connectivity index (χ0n) is 10.1. The van der Waals surface area contributed by atoms with Gasteiger partial charge in [0.25, 0.3) is 0 Å². The van der Waals surface area contributed by atoms with Gasteiger partial charge in [-0.3, -0.25) is 4.79 Å². The number of hydrogen-bond donors (Lipinski definition) is 2. The van der Waals surface area contributed by atoms with Crippen molar-refractivity contribution in [1.29, 1.82) is 0 Å². The summed E-state index contributed by atoms with van der Waals surface area (Å²) in [6.45, 7) is 2.33. The Balaban J connectivity index is 0.00000162. The van der Waals surface area contributed by atoms with Crippen molar-refractivity contribution in [2.45, 2.75) is 19.4 Å². The number of carbonyl (C=O) groups is 1. The molecule has 0 saturated carbocycles. The second kappa shape index (κ2) is 7.34. The van der Waals surface area contributed by atoms with E-state index >= 15 is 0 Å². The third-order valence-electron chi connectivity index (χ3n) is 3.02. The summed E-state index contributed by atoms with van der Waals surface area (Å²) in [5, 5.41) is 6.05. The molecule has 100 valence electrons. The largest absolute Gasteiger partial charge is 0.352 e. The number of carbonyl (C=O) groups excluding carboxylic acids is 1. The van der Waals surface area contributed by atoms with Gasteiger partial charge in [-0.15, -0.1) is 12.4 Å². The zero-order valence-corrected chi connectivity index (χ0v) is 10.9. The lowest BCUT2D eigenvalue weighted by Crippen LogP contribution is -2.25. The van der Waals surface area contributed by atoms with Crippen molar-refractivity contribution < 1.29 is 9.18 Å². The lowest BCUT2D eigenvalue weighted by atomic mass is 10.0. The smallest absolute Gasteiger partial charge is 0.220 e. The Morgan fingerprint density at radius 1 is 1.50 bits per heavy atom. The summed E-state index contributed by atoms with van der Waals surface area (Å²) in [7, 11) is 0. The number of amides is 1. The molecule has 1 atom stereocenters. The first-order valence-corrected chi connectivity index (χ1v) is 5.96. The molecule has 1 amide bonds. The maximum absolute atomic E-state index is 12.9. The zero-order chi connectivity index (χ0) is 12.1. The fraction of sp³-hybridized carbons (Fsp3) is 0.462. The van der Waals surface area contributed by atoms with Gasteiger partial charge >= 0.3 is 0 Å². The van der Waals surface area contributed by atoms with E-state index in [0.717, 1.165) is 25.1 Å². The third kappa shape index (κ3) is 4.63. The van der Waals surface area contributed by atoms with Crippen molar-refractivity contribution in [3.05, 3.63) is 35.6 Å². The molecule has 1 aromatic rings. The Bertz CT molecular complexity index is 394. The highest BCUT2D eigenvalue weighted by atomic mass is 35.5. The van der Waals surface area contributed by atoms with Gasteiger partial charge in [-0.1, -0.05) is 12.1 Å². The average molecular weight is 273 g/mol. The Kier molecular flexibility index (Phi) is 6.09. The van der Waals surface area contributed by atoms with Crippen LogP contribution in [0.25, 0.3) is 0 Å². The van der Waals surface area contributed by atoms with Crippen molar-refractivity contribution >= 4 is 18.3 Å². The lowest BCUT2D eigenvalue weighted by molar-refractivity contribution is -0.122. The maximum Gasteiger partial charge on any atom is 0.220 e. The number of halogens is 2. The van der Waals surface area contributed by atoms with Gasteiger partial charge in [0.15, 0.2) is 0 Å². The Morgan fingerprint density at radius 3 is 3.00 bits per heavy atom. The maximum atomic E-state index is 12.9. The van der Waals surface area contributed by atoms with Crippen LogP contribution in [-0.4, -0.2) is 19.0 Å². The summed E-state index contributed by atoms with van der Waals surface area (Å²) < 4.78 is 12.9. The predicted molar refractivity (Wildman–Crippen MR) is 71.1 cm³/mol. The van der Waals surface area contributed by atoms with Crippen LogP contribution in [0.3, 0.4) is 0 Å². The molecule has 5 heteroatoms. The number of nitrogens with one attached hydrogen (secondary N) is 2. The van der Waals surface area contributed by atoms with Crippen LogP contribution in [0.15, 0.2) is 24.3 Å². The molecule has 1 aromatic carbocycles. The first-order chi connectivity index (χ1) is 8.24. The second-order valence-corrected chi connectivity index (χ2v) is 4.47. The van der Waals surface area contributed by atoms with Gasteiger partial charge in [-0.05, 0) is 43.1 Å². The molecule has 1 unspecified atom stereocenters. The molecule has 2 rings (SSSR count). The van der Waals surface area contributed by atoms with Crippen LogP contribution in [0.4, 0.5) is 4.39 Å². The molecule has 0 radical (unpaired) electrons. The average Bonchev–Trinajstić information content (AvgIpc) is 2.79. The van der Waals surface area contributed by atoms with Crippen molar-refractivity contribution in [3.63, 3.8) is 0 Å². The Labute approximate surface area is 113 Å². The van der Waals surface area contributed by atoms with E-state index in [-0.39, 0.29) is 24.1 Å². The predicted octanol–water partition coefficient (Wildman–Crippen LogP) is 1.86. The van der Waals surface area contributed by atoms with Gasteiger partial charge in [0.05, 0.1) is 0 Å². The minimum Gasteiger partial charge on any atom is -0.352 e. The van der Waals surface area contributed by atoms with Crippen LogP contribution in [0, 0.1) is 11.7 Å². The molecule has 0 aliphatic carbocycles. The van der Waals surface area contributed by atoms with E-state index in [2.05, 4.69) is 10.6 Å². The van der Waals surface area contributed by atoms with Gasteiger partial charge in [-0.2, -0.15) is 0 Å². The minimum atomic E-state index is -0.267. The summed E-state index contributed by atoms with van der Waals surface area (Å²) in [5.41, 5.74) is 0.794. The number of hydrogen-bond acceptors (Lipinski definition) is 2.